The first-order chi connectivity index (χ1) is 61.0. The Kier molecular flexibility index (Phi) is 16.5. The van der Waals surface area contributed by atoms with Gasteiger partial charge in [-0.2, -0.15) is 0 Å². The molecule has 27 aromatic rings. The fraction of sp³-hybridized carbons (Fsp3) is 0. The van der Waals surface area contributed by atoms with Crippen LogP contribution < -0.4 is 0 Å². The molecule has 18 aromatic carbocycles. The van der Waals surface area contributed by atoms with E-state index < -0.39 is 0 Å². The fourth-order valence-corrected chi connectivity index (χ4v) is 22.9. The van der Waals surface area contributed by atoms with Crippen molar-refractivity contribution in [1.82, 2.24) is 13.7 Å². The molecule has 0 saturated heterocycles. The zero-order valence-electron chi connectivity index (χ0n) is 66.1. The first-order valence-corrected chi connectivity index (χ1v) is 44.0. The SMILES string of the molecule is c1ccc(-n2c3ccccc3c3sc4c(-c5ccc(-c6cccc7oc8ccccc8c67)cc5)cccc4c32)cc1.c1ccc(-n2c3ccccc3c3sc4cc(-c5ccc(-c6ccc7c(c6)oc6ccccc67)cc5)ccc4c32)cc1.c1ccc(-n2c3ccccc3c3sc4cc(-c5ccc(-c6cccc7c6oc6ccccc67)cc5)ccc4c32)cc1. The van der Waals surface area contributed by atoms with E-state index in [0.29, 0.717) is 0 Å². The van der Waals surface area contributed by atoms with Crippen molar-refractivity contribution in [1.29, 1.82) is 0 Å². The number of aromatic nitrogens is 3. The predicted molar refractivity (Wildman–Crippen MR) is 523 cm³/mol. The van der Waals surface area contributed by atoms with Gasteiger partial charge in [0.1, 0.15) is 33.5 Å². The molecule has 9 heterocycles. The van der Waals surface area contributed by atoms with Crippen LogP contribution in [0, 0.1) is 0 Å². The van der Waals surface area contributed by atoms with Gasteiger partial charge in [-0.15, -0.1) is 34.0 Å². The molecule has 0 radical (unpaired) electrons. The molecule has 123 heavy (non-hydrogen) atoms. The van der Waals surface area contributed by atoms with Crippen LogP contribution in [0.3, 0.4) is 0 Å². The van der Waals surface area contributed by atoms with Gasteiger partial charge in [0.05, 0.1) is 47.2 Å². The maximum Gasteiger partial charge on any atom is 0.143 e. The van der Waals surface area contributed by atoms with Gasteiger partial charge in [0.25, 0.3) is 0 Å². The number of benzene rings is 18. The highest BCUT2D eigenvalue weighted by atomic mass is 32.1. The van der Waals surface area contributed by atoms with E-state index in [1.54, 1.807) is 0 Å². The Hall–Kier alpha value is -15.4. The molecule has 0 amide bonds. The average Bonchev–Trinajstić information content (AvgIpc) is 1.57. The highest BCUT2D eigenvalue weighted by Crippen LogP contribution is 2.50. The zero-order valence-corrected chi connectivity index (χ0v) is 68.6. The molecular weight excluding hydrogens is 1560 g/mol. The van der Waals surface area contributed by atoms with Crippen molar-refractivity contribution >= 4 is 193 Å². The van der Waals surface area contributed by atoms with E-state index in [2.05, 4.69) is 396 Å². The van der Waals surface area contributed by atoms with Gasteiger partial charge >= 0.3 is 0 Å². The predicted octanol–water partition coefficient (Wildman–Crippen LogP) is 33.7. The van der Waals surface area contributed by atoms with E-state index in [-0.39, 0.29) is 0 Å². The molecule has 576 valence electrons. The zero-order chi connectivity index (χ0) is 80.7. The summed E-state index contributed by atoms with van der Waals surface area (Å²) in [4.78, 5) is 0. The number of hydrogen-bond acceptors (Lipinski definition) is 6. The number of rotatable bonds is 9. The van der Waals surface area contributed by atoms with E-state index in [1.807, 2.05) is 70.4 Å². The van der Waals surface area contributed by atoms with Gasteiger partial charge in [-0.05, 0) is 164 Å². The first-order valence-electron chi connectivity index (χ1n) is 41.6. The lowest BCUT2D eigenvalue weighted by Crippen LogP contribution is -1.92. The molecule has 0 fully saturated rings. The van der Waals surface area contributed by atoms with Gasteiger partial charge in [0, 0.05) is 101 Å². The Balaban J connectivity index is 0.000000101. The molecule has 0 bridgehead atoms. The van der Waals surface area contributed by atoms with E-state index in [0.717, 1.165) is 77.1 Å². The minimum Gasteiger partial charge on any atom is -0.456 e. The van der Waals surface area contributed by atoms with Gasteiger partial charge < -0.3 is 27.0 Å². The van der Waals surface area contributed by atoms with Crippen molar-refractivity contribution in [2.24, 2.45) is 0 Å². The molecule has 0 aliphatic rings. The van der Waals surface area contributed by atoms with E-state index in [4.69, 9.17) is 13.3 Å². The normalized spacial score (nSPS) is 11.9. The summed E-state index contributed by atoms with van der Waals surface area (Å²) in [6, 6.07) is 150. The molecule has 6 nitrogen and oxygen atoms in total. The summed E-state index contributed by atoms with van der Waals surface area (Å²) in [6.45, 7) is 0. The Morgan fingerprint density at radius 1 is 0.179 bits per heavy atom. The van der Waals surface area contributed by atoms with Gasteiger partial charge in [0.15, 0.2) is 0 Å². The van der Waals surface area contributed by atoms with Crippen molar-refractivity contribution in [2.75, 3.05) is 0 Å². The Bertz CT molecular complexity index is 8860. The number of para-hydroxylation sites is 10. The third kappa shape index (κ3) is 11.6. The highest BCUT2D eigenvalue weighted by molar-refractivity contribution is 7.28. The van der Waals surface area contributed by atoms with Crippen molar-refractivity contribution in [2.45, 2.75) is 0 Å². The summed E-state index contributed by atoms with van der Waals surface area (Å²) in [7, 11) is 0. The highest BCUT2D eigenvalue weighted by Gasteiger charge is 2.24. The summed E-state index contributed by atoms with van der Waals surface area (Å²) < 4.78 is 33.8. The van der Waals surface area contributed by atoms with Crippen molar-refractivity contribution in [3.05, 3.63) is 419 Å². The Labute approximate surface area is 717 Å². The van der Waals surface area contributed by atoms with Crippen LogP contribution in [0.15, 0.2) is 432 Å². The van der Waals surface area contributed by atoms with Crippen LogP contribution in [0.5, 0.6) is 0 Å². The number of furan rings is 3. The third-order valence-corrected chi connectivity index (χ3v) is 28.3. The van der Waals surface area contributed by atoms with Gasteiger partial charge in [0.2, 0.25) is 0 Å². The molecular formula is C114H69N3O3S3. The Morgan fingerprint density at radius 2 is 0.504 bits per heavy atom. The summed E-state index contributed by atoms with van der Waals surface area (Å²) >= 11 is 5.67. The lowest BCUT2D eigenvalue weighted by molar-refractivity contribution is 0.668. The fourth-order valence-electron chi connectivity index (χ4n) is 19.0. The van der Waals surface area contributed by atoms with Crippen LogP contribution in [0.2, 0.25) is 0 Å². The Morgan fingerprint density at radius 3 is 1.02 bits per heavy atom. The summed E-state index contributed by atoms with van der Waals surface area (Å²) in [5.74, 6) is 0. The molecule has 0 spiro atoms. The number of nitrogens with zero attached hydrogens (tertiary/aromatic N) is 3. The van der Waals surface area contributed by atoms with Crippen LogP contribution >= 0.6 is 34.0 Å². The van der Waals surface area contributed by atoms with E-state index in [1.165, 1.54) is 166 Å². The largest absolute Gasteiger partial charge is 0.456 e. The number of thiophene rings is 3. The smallest absolute Gasteiger partial charge is 0.143 e. The molecule has 9 aromatic heterocycles. The standard InChI is InChI=1S/3C38H23NOS/c1-2-10-26(11-3-1)39-32-17-6-4-12-29(32)38-36(39)31-16-8-15-28(37(31)41-38)25-22-20-24(21-23-25)27-14-9-19-34-35(27)30-13-5-7-18-33(30)40-34;1-2-9-27(10-3-1)39-33-15-6-4-12-31(33)38-36(39)32-22-21-26(23-35(32)41-38)24-17-19-25(20-18-24)28-13-8-14-30-29-11-5-7-16-34(29)40-37(28)30;1-2-8-28(9-3-1)39-33-12-6-4-11-31(33)38-37(39)32-21-19-27(23-36(32)41-38)25-16-14-24(15-17-25)26-18-20-30-29-10-5-7-13-34(29)40-35(30)22-26/h3*1-23H. The van der Waals surface area contributed by atoms with Crippen LogP contribution in [0.25, 0.3) is 243 Å². The topological polar surface area (TPSA) is 54.2 Å². The third-order valence-electron chi connectivity index (χ3n) is 24.7. The lowest BCUT2D eigenvalue weighted by Gasteiger charge is -2.09. The van der Waals surface area contributed by atoms with Gasteiger partial charge in [-0.25, -0.2) is 0 Å². The first kappa shape index (κ1) is 70.6. The second kappa shape index (κ2) is 28.7. The van der Waals surface area contributed by atoms with E-state index >= 15 is 0 Å². The van der Waals surface area contributed by atoms with Crippen LogP contribution in [0.1, 0.15) is 0 Å². The molecule has 0 saturated carbocycles. The minimum absolute atomic E-state index is 0.925. The molecule has 0 unspecified atom stereocenters. The second-order valence-electron chi connectivity index (χ2n) is 31.6. The van der Waals surface area contributed by atoms with Crippen molar-refractivity contribution < 1.29 is 13.3 Å². The maximum atomic E-state index is 6.29. The van der Waals surface area contributed by atoms with Crippen LogP contribution in [-0.4, -0.2) is 13.7 Å². The van der Waals surface area contributed by atoms with E-state index in [9.17, 15) is 0 Å². The number of hydrogen-bond donors (Lipinski definition) is 0. The van der Waals surface area contributed by atoms with Crippen LogP contribution in [0.4, 0.5) is 0 Å². The summed E-state index contributed by atoms with van der Waals surface area (Å²) in [5.41, 5.74) is 31.2. The lowest BCUT2D eigenvalue weighted by atomic mass is 9.96. The van der Waals surface area contributed by atoms with Gasteiger partial charge in [-0.1, -0.05) is 315 Å². The van der Waals surface area contributed by atoms with Crippen LogP contribution in [-0.2, 0) is 0 Å². The average molecular weight is 1630 g/mol. The number of fused-ring (bicyclic) bond motifs is 24. The van der Waals surface area contributed by atoms with Crippen molar-refractivity contribution in [3.63, 3.8) is 0 Å². The molecule has 0 N–H and O–H groups in total. The summed E-state index contributed by atoms with van der Waals surface area (Å²) in [5, 5.41) is 14.8. The molecule has 9 heteroatoms. The molecule has 0 aliphatic heterocycles. The second-order valence-corrected chi connectivity index (χ2v) is 34.7. The minimum atomic E-state index is 0.925. The van der Waals surface area contributed by atoms with Gasteiger partial charge in [-0.3, -0.25) is 0 Å². The quantitative estimate of drug-likeness (QED) is 0.145. The molecule has 0 atom stereocenters. The molecule has 0 aliphatic carbocycles. The monoisotopic (exact) mass is 1620 g/mol. The van der Waals surface area contributed by atoms with Crippen molar-refractivity contribution in [3.8, 4) is 83.8 Å². The summed E-state index contributed by atoms with van der Waals surface area (Å²) in [6.07, 6.45) is 0. The molecule has 27 rings (SSSR count). The maximum absolute atomic E-state index is 6.29.